The fraction of sp³-hybridized carbons (Fsp3) is 0.190. The number of aryl methyl sites for hydroxylation is 3. The molecule has 0 saturated heterocycles. The van der Waals surface area contributed by atoms with Crippen molar-refractivity contribution in [1.82, 2.24) is 24.9 Å². The first-order chi connectivity index (χ1) is 14.0. The Kier molecular flexibility index (Phi) is 4.67. The summed E-state index contributed by atoms with van der Waals surface area (Å²) >= 11 is 0. The number of hydrogen-bond acceptors (Lipinski definition) is 6. The minimum absolute atomic E-state index is 0.526. The molecule has 0 radical (unpaired) electrons. The Morgan fingerprint density at radius 2 is 2.07 bits per heavy atom. The third-order valence-electron chi connectivity index (χ3n) is 4.55. The van der Waals surface area contributed by atoms with E-state index >= 15 is 0 Å². The van der Waals surface area contributed by atoms with Gasteiger partial charge in [-0.2, -0.15) is 5.10 Å². The number of aromatic nitrogens is 5. The lowest BCUT2D eigenvalue weighted by molar-refractivity contribution is -0.131. The zero-order chi connectivity index (χ0) is 20.5. The van der Waals surface area contributed by atoms with Gasteiger partial charge in [0.15, 0.2) is 5.65 Å². The van der Waals surface area contributed by atoms with Crippen molar-refractivity contribution < 1.29 is 14.4 Å². The molecule has 0 saturated carbocycles. The van der Waals surface area contributed by atoms with E-state index in [-0.39, 0.29) is 0 Å². The van der Waals surface area contributed by atoms with Gasteiger partial charge in [0, 0.05) is 53.2 Å². The Morgan fingerprint density at radius 3 is 2.72 bits per heavy atom. The summed E-state index contributed by atoms with van der Waals surface area (Å²) in [6, 6.07) is 3.78. The van der Waals surface area contributed by atoms with E-state index in [0.29, 0.717) is 34.9 Å². The van der Waals surface area contributed by atoms with Gasteiger partial charge in [0.2, 0.25) is 0 Å². The van der Waals surface area contributed by atoms with Crippen molar-refractivity contribution in [2.75, 3.05) is 0 Å². The molecule has 4 rings (SSSR count). The Balaban J connectivity index is 2.15. The summed E-state index contributed by atoms with van der Waals surface area (Å²) in [6.45, 7) is 6.38. The van der Waals surface area contributed by atoms with E-state index in [0.717, 1.165) is 28.2 Å². The molecule has 0 bridgehead atoms. The van der Waals surface area contributed by atoms with Crippen molar-refractivity contribution >= 4 is 23.1 Å². The van der Waals surface area contributed by atoms with E-state index in [2.05, 4.69) is 15.2 Å². The van der Waals surface area contributed by atoms with E-state index in [9.17, 15) is 9.90 Å². The molecule has 146 valence electrons. The Hall–Kier alpha value is -3.81. The van der Waals surface area contributed by atoms with E-state index in [1.165, 1.54) is 6.08 Å². The van der Waals surface area contributed by atoms with Gasteiger partial charge in [0.25, 0.3) is 0 Å². The van der Waals surface area contributed by atoms with Crippen LogP contribution in [0.3, 0.4) is 0 Å². The Bertz CT molecular complexity index is 1250. The second kappa shape index (κ2) is 7.31. The largest absolute Gasteiger partial charge is 0.478 e. The molecule has 0 aliphatic heterocycles. The third kappa shape index (κ3) is 3.40. The molecule has 0 fully saturated rings. The summed E-state index contributed by atoms with van der Waals surface area (Å²) in [5.41, 5.74) is 5.00. The summed E-state index contributed by atoms with van der Waals surface area (Å²) < 4.78 is 7.04. The van der Waals surface area contributed by atoms with Gasteiger partial charge in [-0.05, 0) is 38.5 Å². The van der Waals surface area contributed by atoms with Crippen molar-refractivity contribution in [3.63, 3.8) is 0 Å². The quantitative estimate of drug-likeness (QED) is 0.516. The van der Waals surface area contributed by atoms with E-state index in [1.54, 1.807) is 36.3 Å². The van der Waals surface area contributed by atoms with Crippen LogP contribution in [0.4, 0.5) is 0 Å². The minimum atomic E-state index is -1.05. The number of fused-ring (bicyclic) bond motifs is 1. The first-order valence-corrected chi connectivity index (χ1v) is 9.14. The highest BCUT2D eigenvalue weighted by atomic mass is 16.5. The average Bonchev–Trinajstić information content (AvgIpc) is 3.30. The van der Waals surface area contributed by atoms with Crippen LogP contribution >= 0.6 is 0 Å². The lowest BCUT2D eigenvalue weighted by atomic mass is 9.95. The van der Waals surface area contributed by atoms with Gasteiger partial charge in [-0.1, -0.05) is 5.16 Å². The average molecular weight is 389 g/mol. The smallest absolute Gasteiger partial charge is 0.328 e. The number of carbonyl (C=O) groups is 1. The zero-order valence-electron chi connectivity index (χ0n) is 16.2. The maximum absolute atomic E-state index is 11.3. The van der Waals surface area contributed by atoms with Gasteiger partial charge < -0.3 is 9.63 Å². The first-order valence-electron chi connectivity index (χ1n) is 9.14. The van der Waals surface area contributed by atoms with Crippen LogP contribution in [0.25, 0.3) is 39.6 Å². The highest BCUT2D eigenvalue weighted by molar-refractivity contribution is 6.02. The van der Waals surface area contributed by atoms with Gasteiger partial charge in [0.05, 0.1) is 6.20 Å². The lowest BCUT2D eigenvalue weighted by Gasteiger charge is -2.13. The molecule has 0 aliphatic carbocycles. The lowest BCUT2D eigenvalue weighted by Crippen LogP contribution is -2.01. The fourth-order valence-corrected chi connectivity index (χ4v) is 3.33. The fourth-order valence-electron chi connectivity index (χ4n) is 3.33. The zero-order valence-corrected chi connectivity index (χ0v) is 16.2. The van der Waals surface area contributed by atoms with Crippen LogP contribution in [0.2, 0.25) is 0 Å². The molecule has 0 aliphatic rings. The van der Waals surface area contributed by atoms with Crippen LogP contribution in [-0.2, 0) is 11.3 Å². The van der Waals surface area contributed by atoms with Crippen molar-refractivity contribution in [3.05, 3.63) is 53.7 Å². The van der Waals surface area contributed by atoms with Crippen LogP contribution in [0.15, 0.2) is 41.3 Å². The Morgan fingerprint density at radius 1 is 1.24 bits per heavy atom. The number of carboxylic acid groups (broad SMARTS) is 1. The van der Waals surface area contributed by atoms with Crippen LogP contribution in [0.1, 0.15) is 23.8 Å². The molecule has 0 aromatic carbocycles. The number of carboxylic acids is 1. The number of pyridine rings is 2. The minimum Gasteiger partial charge on any atom is -0.478 e. The molecule has 8 nitrogen and oxygen atoms in total. The Labute approximate surface area is 166 Å². The highest BCUT2D eigenvalue weighted by Gasteiger charge is 2.21. The van der Waals surface area contributed by atoms with Crippen molar-refractivity contribution in [2.45, 2.75) is 27.3 Å². The first kappa shape index (κ1) is 18.5. The SMILES string of the molecule is CCn1ncc2c(-c3cncc(C)c3)c(/C=C/C(=O)O)c(-c3cc(C)on3)nc21. The molecule has 0 unspecified atom stereocenters. The van der Waals surface area contributed by atoms with Crippen LogP contribution in [0, 0.1) is 13.8 Å². The maximum Gasteiger partial charge on any atom is 0.328 e. The van der Waals surface area contributed by atoms with Gasteiger partial charge in [-0.25, -0.2) is 14.5 Å². The number of hydrogen-bond donors (Lipinski definition) is 1. The topological polar surface area (TPSA) is 107 Å². The normalized spacial score (nSPS) is 11.6. The molecule has 8 heteroatoms. The molecule has 4 aromatic heterocycles. The van der Waals surface area contributed by atoms with Crippen LogP contribution in [0.5, 0.6) is 0 Å². The second-order valence-electron chi connectivity index (χ2n) is 6.69. The van der Waals surface area contributed by atoms with Crippen LogP contribution in [-0.4, -0.2) is 36.0 Å². The number of nitrogens with zero attached hydrogens (tertiary/aromatic N) is 5. The van der Waals surface area contributed by atoms with Gasteiger partial charge in [-0.3, -0.25) is 4.98 Å². The summed E-state index contributed by atoms with van der Waals surface area (Å²) in [4.78, 5) is 20.4. The molecule has 0 amide bonds. The standard InChI is InChI=1S/C21H19N5O3/c1-4-26-21-16(11-23-26)19(14-7-12(2)9-22-10-14)15(5-6-18(27)28)20(24-21)17-8-13(3)29-25-17/h5-11H,4H2,1-3H3,(H,27,28)/b6-5+. The highest BCUT2D eigenvalue weighted by Crippen LogP contribution is 2.37. The molecular formula is C21H19N5O3. The molecule has 0 spiro atoms. The van der Waals surface area contributed by atoms with Crippen molar-refractivity contribution in [2.24, 2.45) is 0 Å². The maximum atomic E-state index is 11.3. The summed E-state index contributed by atoms with van der Waals surface area (Å²) in [5, 5.41) is 18.6. The van der Waals surface area contributed by atoms with Gasteiger partial charge in [0.1, 0.15) is 17.1 Å². The summed E-state index contributed by atoms with van der Waals surface area (Å²) in [6.07, 6.45) is 7.90. The van der Waals surface area contributed by atoms with Gasteiger partial charge in [-0.15, -0.1) is 0 Å². The molecule has 4 heterocycles. The number of aliphatic carboxylic acids is 1. The molecular weight excluding hydrogens is 370 g/mol. The predicted octanol–water partition coefficient (Wildman–Crippen LogP) is 3.88. The third-order valence-corrected chi connectivity index (χ3v) is 4.55. The van der Waals surface area contributed by atoms with Crippen LogP contribution < -0.4 is 0 Å². The predicted molar refractivity (Wildman–Crippen MR) is 108 cm³/mol. The molecule has 1 N–H and O–H groups in total. The molecule has 4 aromatic rings. The van der Waals surface area contributed by atoms with E-state index < -0.39 is 5.97 Å². The van der Waals surface area contributed by atoms with E-state index in [1.807, 2.05) is 19.9 Å². The summed E-state index contributed by atoms with van der Waals surface area (Å²) in [5.74, 6) is -0.414. The number of rotatable bonds is 5. The summed E-state index contributed by atoms with van der Waals surface area (Å²) in [7, 11) is 0. The second-order valence-corrected chi connectivity index (χ2v) is 6.69. The van der Waals surface area contributed by atoms with Gasteiger partial charge >= 0.3 is 5.97 Å². The van der Waals surface area contributed by atoms with E-state index in [4.69, 9.17) is 9.51 Å². The molecule has 29 heavy (non-hydrogen) atoms. The van der Waals surface area contributed by atoms with Crippen molar-refractivity contribution in [3.8, 4) is 22.5 Å². The van der Waals surface area contributed by atoms with Crippen molar-refractivity contribution in [1.29, 1.82) is 0 Å². The molecule has 0 atom stereocenters. The monoisotopic (exact) mass is 389 g/mol.